The SMILES string of the molecule is O=C(O)C=Cc1csc(CSc2n[nH]c(=O)n2C2CC2)c1. The van der Waals surface area contributed by atoms with Gasteiger partial charge in [0.15, 0.2) is 5.16 Å². The number of hydrogen-bond acceptors (Lipinski definition) is 5. The van der Waals surface area contributed by atoms with Gasteiger partial charge in [0, 0.05) is 22.7 Å². The Hall–Kier alpha value is -1.80. The number of nitrogens with zero attached hydrogens (tertiary/aromatic N) is 2. The van der Waals surface area contributed by atoms with Crippen LogP contribution >= 0.6 is 23.1 Å². The molecule has 1 aliphatic carbocycles. The Labute approximate surface area is 128 Å². The van der Waals surface area contributed by atoms with Gasteiger partial charge in [0.25, 0.3) is 0 Å². The number of carbonyl (C=O) groups is 1. The van der Waals surface area contributed by atoms with Gasteiger partial charge in [-0.05, 0) is 35.9 Å². The van der Waals surface area contributed by atoms with E-state index in [1.807, 2.05) is 11.4 Å². The highest BCUT2D eigenvalue weighted by Crippen LogP contribution is 2.36. The lowest BCUT2D eigenvalue weighted by Crippen LogP contribution is -2.16. The summed E-state index contributed by atoms with van der Waals surface area (Å²) in [5.74, 6) is -0.245. The molecule has 110 valence electrons. The summed E-state index contributed by atoms with van der Waals surface area (Å²) in [6, 6.07) is 2.25. The summed E-state index contributed by atoms with van der Waals surface area (Å²) in [6.07, 6.45) is 4.77. The van der Waals surface area contributed by atoms with Crippen molar-refractivity contribution >= 4 is 35.1 Å². The Kier molecular flexibility index (Phi) is 3.98. The summed E-state index contributed by atoms with van der Waals surface area (Å²) in [7, 11) is 0. The van der Waals surface area contributed by atoms with Crippen LogP contribution < -0.4 is 5.69 Å². The minimum absolute atomic E-state index is 0.142. The first-order valence-electron chi connectivity index (χ1n) is 6.41. The Bertz CT molecular complexity index is 740. The second-order valence-electron chi connectivity index (χ2n) is 4.72. The molecule has 1 saturated carbocycles. The molecule has 3 rings (SSSR count). The molecular weight excluding hydrogens is 310 g/mol. The highest BCUT2D eigenvalue weighted by atomic mass is 32.2. The van der Waals surface area contributed by atoms with E-state index in [1.54, 1.807) is 22.0 Å². The van der Waals surface area contributed by atoms with E-state index in [4.69, 9.17) is 5.11 Å². The van der Waals surface area contributed by atoms with Crippen molar-refractivity contribution in [3.8, 4) is 0 Å². The third kappa shape index (κ3) is 3.45. The third-order valence-electron chi connectivity index (χ3n) is 3.02. The highest BCUT2D eigenvalue weighted by Gasteiger charge is 2.28. The molecule has 2 aromatic rings. The Balaban J connectivity index is 1.65. The first-order valence-corrected chi connectivity index (χ1v) is 8.28. The monoisotopic (exact) mass is 323 g/mol. The zero-order valence-electron chi connectivity index (χ0n) is 11.0. The number of thiophene rings is 1. The molecule has 6 nitrogen and oxygen atoms in total. The fourth-order valence-corrected chi connectivity index (χ4v) is 3.83. The molecule has 1 fully saturated rings. The van der Waals surface area contributed by atoms with Gasteiger partial charge in [-0.2, -0.15) is 0 Å². The average molecular weight is 323 g/mol. The van der Waals surface area contributed by atoms with Gasteiger partial charge in [-0.3, -0.25) is 4.57 Å². The molecule has 8 heteroatoms. The maximum atomic E-state index is 11.7. The molecular formula is C13H13N3O3S2. The molecule has 0 unspecified atom stereocenters. The van der Waals surface area contributed by atoms with Crippen LogP contribution in [0.25, 0.3) is 6.08 Å². The standard InChI is InChI=1S/C13H13N3O3S2/c17-11(18)4-1-8-5-10(20-6-8)7-21-13-15-14-12(19)16(13)9-2-3-9/h1,4-6,9H,2-3,7H2,(H,14,19)(H,17,18). The number of aromatic amines is 1. The van der Waals surface area contributed by atoms with Crippen LogP contribution in [-0.2, 0) is 10.5 Å². The van der Waals surface area contributed by atoms with Gasteiger partial charge < -0.3 is 5.11 Å². The first-order chi connectivity index (χ1) is 10.1. The molecule has 0 bridgehead atoms. The van der Waals surface area contributed by atoms with Crippen LogP contribution in [0.1, 0.15) is 29.3 Å². The molecule has 0 amide bonds. The third-order valence-corrected chi connectivity index (χ3v) is 5.16. The minimum atomic E-state index is -0.956. The van der Waals surface area contributed by atoms with Gasteiger partial charge in [0.05, 0.1) is 0 Å². The first kappa shape index (κ1) is 14.2. The highest BCUT2D eigenvalue weighted by molar-refractivity contribution is 7.98. The number of hydrogen-bond donors (Lipinski definition) is 2. The van der Waals surface area contributed by atoms with Crippen LogP contribution in [0.3, 0.4) is 0 Å². The number of carboxylic acid groups (broad SMARTS) is 1. The number of rotatable bonds is 6. The largest absolute Gasteiger partial charge is 0.478 e. The number of thioether (sulfide) groups is 1. The van der Waals surface area contributed by atoms with Gasteiger partial charge in [-0.25, -0.2) is 14.7 Å². The summed E-state index contributed by atoms with van der Waals surface area (Å²) in [6.45, 7) is 0. The fourth-order valence-electron chi connectivity index (χ4n) is 1.91. The van der Waals surface area contributed by atoms with Crippen molar-refractivity contribution in [3.63, 3.8) is 0 Å². The van der Waals surface area contributed by atoms with Crippen LogP contribution in [0.15, 0.2) is 27.5 Å². The summed E-state index contributed by atoms with van der Waals surface area (Å²) in [5.41, 5.74) is 0.732. The molecule has 0 atom stereocenters. The van der Waals surface area contributed by atoms with Crippen molar-refractivity contribution in [2.45, 2.75) is 29.8 Å². The predicted octanol–water partition coefficient (Wildman–Crippen LogP) is 2.36. The average Bonchev–Trinajstić information content (AvgIpc) is 3.06. The summed E-state index contributed by atoms with van der Waals surface area (Å²) in [4.78, 5) is 23.2. The van der Waals surface area contributed by atoms with E-state index < -0.39 is 5.97 Å². The van der Waals surface area contributed by atoms with Crippen LogP contribution in [0.5, 0.6) is 0 Å². The Morgan fingerprint density at radius 3 is 3.14 bits per heavy atom. The van der Waals surface area contributed by atoms with Gasteiger partial charge in [0.1, 0.15) is 0 Å². The molecule has 2 aromatic heterocycles. The predicted molar refractivity (Wildman–Crippen MR) is 81.7 cm³/mol. The molecule has 0 radical (unpaired) electrons. The Morgan fingerprint density at radius 1 is 1.62 bits per heavy atom. The van der Waals surface area contributed by atoms with Crippen molar-refractivity contribution in [3.05, 3.63) is 38.4 Å². The maximum absolute atomic E-state index is 11.7. The number of aromatic nitrogens is 3. The van der Waals surface area contributed by atoms with E-state index in [-0.39, 0.29) is 5.69 Å². The molecule has 21 heavy (non-hydrogen) atoms. The van der Waals surface area contributed by atoms with Crippen molar-refractivity contribution in [2.24, 2.45) is 0 Å². The van der Waals surface area contributed by atoms with Crippen molar-refractivity contribution < 1.29 is 9.90 Å². The van der Waals surface area contributed by atoms with Crippen LogP contribution in [0.2, 0.25) is 0 Å². The van der Waals surface area contributed by atoms with Crippen molar-refractivity contribution in [1.82, 2.24) is 14.8 Å². The second-order valence-corrected chi connectivity index (χ2v) is 6.66. The van der Waals surface area contributed by atoms with Crippen molar-refractivity contribution in [1.29, 1.82) is 0 Å². The number of carboxylic acids is 1. The molecule has 0 aromatic carbocycles. The van der Waals surface area contributed by atoms with E-state index >= 15 is 0 Å². The lowest BCUT2D eigenvalue weighted by Gasteiger charge is -2.01. The number of nitrogens with one attached hydrogen (secondary N) is 1. The lowest BCUT2D eigenvalue weighted by atomic mass is 10.3. The molecule has 2 N–H and O–H groups in total. The van der Waals surface area contributed by atoms with Gasteiger partial charge >= 0.3 is 11.7 Å². The minimum Gasteiger partial charge on any atom is -0.478 e. The topological polar surface area (TPSA) is 88.0 Å². The zero-order valence-corrected chi connectivity index (χ0v) is 12.6. The molecule has 0 aliphatic heterocycles. The smallest absolute Gasteiger partial charge is 0.344 e. The molecule has 0 saturated heterocycles. The molecule has 0 spiro atoms. The number of H-pyrrole nitrogens is 1. The fraction of sp³-hybridized carbons (Fsp3) is 0.308. The summed E-state index contributed by atoms with van der Waals surface area (Å²) in [5, 5.41) is 17.8. The van der Waals surface area contributed by atoms with E-state index in [0.29, 0.717) is 11.8 Å². The van der Waals surface area contributed by atoms with Gasteiger partial charge in [0.2, 0.25) is 0 Å². The van der Waals surface area contributed by atoms with E-state index in [1.165, 1.54) is 11.8 Å². The van der Waals surface area contributed by atoms with Crippen LogP contribution in [-0.4, -0.2) is 25.8 Å². The lowest BCUT2D eigenvalue weighted by molar-refractivity contribution is -0.131. The van der Waals surface area contributed by atoms with Gasteiger partial charge in [-0.15, -0.1) is 16.4 Å². The Morgan fingerprint density at radius 2 is 2.43 bits per heavy atom. The van der Waals surface area contributed by atoms with Crippen LogP contribution in [0.4, 0.5) is 0 Å². The maximum Gasteiger partial charge on any atom is 0.344 e. The van der Waals surface area contributed by atoms with Gasteiger partial charge in [-0.1, -0.05) is 11.8 Å². The van der Waals surface area contributed by atoms with Crippen molar-refractivity contribution in [2.75, 3.05) is 0 Å². The molecule has 2 heterocycles. The summed E-state index contributed by atoms with van der Waals surface area (Å²) >= 11 is 3.08. The second kappa shape index (κ2) is 5.90. The summed E-state index contributed by atoms with van der Waals surface area (Å²) < 4.78 is 1.73. The molecule has 1 aliphatic rings. The zero-order chi connectivity index (χ0) is 14.8. The number of aliphatic carboxylic acids is 1. The van der Waals surface area contributed by atoms with E-state index in [2.05, 4.69) is 10.2 Å². The van der Waals surface area contributed by atoms with E-state index in [9.17, 15) is 9.59 Å². The normalized spacial score (nSPS) is 14.9. The van der Waals surface area contributed by atoms with E-state index in [0.717, 1.165) is 34.5 Å². The van der Waals surface area contributed by atoms with Crippen LogP contribution in [0, 0.1) is 0 Å². The quantitative estimate of drug-likeness (QED) is 0.629.